The van der Waals surface area contributed by atoms with Crippen LogP contribution in [0.5, 0.6) is 0 Å². The molecule has 3 aromatic rings. The molecular formula is C20H19NO2P+. The molecule has 3 nitrogen and oxygen atoms in total. The number of hydrogen-bond donors (Lipinski definition) is 0. The number of rotatable bonds is 5. The maximum absolute atomic E-state index is 10.9. The van der Waals surface area contributed by atoms with Gasteiger partial charge in [0, 0.05) is 12.1 Å². The van der Waals surface area contributed by atoms with Crippen molar-refractivity contribution in [1.29, 1.82) is 0 Å². The Morgan fingerprint density at radius 2 is 1.25 bits per heavy atom. The van der Waals surface area contributed by atoms with Gasteiger partial charge in [-0.15, -0.1) is 0 Å². The van der Waals surface area contributed by atoms with E-state index in [1.54, 1.807) is 12.1 Å². The van der Waals surface area contributed by atoms with Crippen LogP contribution in [0.4, 0.5) is 5.69 Å². The van der Waals surface area contributed by atoms with Gasteiger partial charge in [-0.05, 0) is 42.0 Å². The fourth-order valence-corrected chi connectivity index (χ4v) is 6.20. The van der Waals surface area contributed by atoms with Gasteiger partial charge in [-0.2, -0.15) is 0 Å². The highest BCUT2D eigenvalue weighted by Gasteiger charge is 2.37. The lowest BCUT2D eigenvalue weighted by Gasteiger charge is -2.23. The van der Waals surface area contributed by atoms with E-state index in [1.807, 2.05) is 24.3 Å². The van der Waals surface area contributed by atoms with Gasteiger partial charge in [-0.25, -0.2) is 0 Å². The summed E-state index contributed by atoms with van der Waals surface area (Å²) in [5, 5.41) is 13.5. The first-order chi connectivity index (χ1) is 11.6. The predicted octanol–water partition coefficient (Wildman–Crippen LogP) is 4.39. The highest BCUT2D eigenvalue weighted by Crippen LogP contribution is 2.55. The van der Waals surface area contributed by atoms with Gasteiger partial charge in [0.15, 0.2) is 0 Å². The van der Waals surface area contributed by atoms with E-state index in [4.69, 9.17) is 0 Å². The van der Waals surface area contributed by atoms with Crippen molar-refractivity contribution in [1.82, 2.24) is 0 Å². The third kappa shape index (κ3) is 3.37. The molecule has 0 fully saturated rings. The van der Waals surface area contributed by atoms with Gasteiger partial charge in [-0.3, -0.25) is 10.1 Å². The Bertz CT molecular complexity index is 778. The molecule has 120 valence electrons. The number of hydrogen-bond acceptors (Lipinski definition) is 2. The molecule has 0 aliphatic carbocycles. The average Bonchev–Trinajstić information content (AvgIpc) is 2.63. The Morgan fingerprint density at radius 1 is 0.792 bits per heavy atom. The normalized spacial score (nSPS) is 11.2. The topological polar surface area (TPSA) is 43.1 Å². The molecule has 0 atom stereocenters. The first kappa shape index (κ1) is 16.4. The predicted molar refractivity (Wildman–Crippen MR) is 102 cm³/mol. The molecule has 0 bridgehead atoms. The van der Waals surface area contributed by atoms with Crippen molar-refractivity contribution < 1.29 is 4.92 Å². The van der Waals surface area contributed by atoms with Gasteiger partial charge < -0.3 is 0 Å². The van der Waals surface area contributed by atoms with E-state index < -0.39 is 7.26 Å². The summed E-state index contributed by atoms with van der Waals surface area (Å²) in [7, 11) is -1.60. The summed E-state index contributed by atoms with van der Waals surface area (Å²) in [4.78, 5) is 10.5. The highest BCUT2D eigenvalue weighted by atomic mass is 31.2. The second-order valence-electron chi connectivity index (χ2n) is 5.94. The molecule has 24 heavy (non-hydrogen) atoms. The number of benzene rings is 3. The number of non-ortho nitro benzene ring substituents is 1. The van der Waals surface area contributed by atoms with Crippen LogP contribution < -0.4 is 10.6 Å². The zero-order valence-corrected chi connectivity index (χ0v) is 14.4. The van der Waals surface area contributed by atoms with Crippen LogP contribution in [0.2, 0.25) is 0 Å². The molecule has 0 saturated heterocycles. The maximum Gasteiger partial charge on any atom is 0.269 e. The highest BCUT2D eigenvalue weighted by molar-refractivity contribution is 7.88. The van der Waals surface area contributed by atoms with E-state index in [-0.39, 0.29) is 10.6 Å². The summed E-state index contributed by atoms with van der Waals surface area (Å²) in [6, 6.07) is 28.1. The summed E-state index contributed by atoms with van der Waals surface area (Å²) in [5.74, 6) is 0. The van der Waals surface area contributed by atoms with Crippen LogP contribution in [0.3, 0.4) is 0 Å². The molecule has 3 rings (SSSR count). The number of nitro benzene ring substituents is 1. The second-order valence-corrected chi connectivity index (χ2v) is 9.68. The molecule has 0 N–H and O–H groups in total. The summed E-state index contributed by atoms with van der Waals surface area (Å²) < 4.78 is 0. The Balaban J connectivity index is 2.01. The average molecular weight is 336 g/mol. The Morgan fingerprint density at radius 3 is 1.67 bits per heavy atom. The van der Waals surface area contributed by atoms with Gasteiger partial charge in [0.25, 0.3) is 5.69 Å². The van der Waals surface area contributed by atoms with Crippen molar-refractivity contribution in [3.8, 4) is 0 Å². The first-order valence-corrected chi connectivity index (χ1v) is 10.2. The molecule has 0 amide bonds. The van der Waals surface area contributed by atoms with E-state index >= 15 is 0 Å². The fraction of sp³-hybridized carbons (Fsp3) is 0.100. The Kier molecular flexibility index (Phi) is 4.73. The summed E-state index contributed by atoms with van der Waals surface area (Å²) in [5.41, 5.74) is 1.27. The minimum Gasteiger partial charge on any atom is -0.258 e. The lowest BCUT2D eigenvalue weighted by molar-refractivity contribution is -0.384. The zero-order valence-electron chi connectivity index (χ0n) is 13.5. The lowest BCUT2D eigenvalue weighted by Crippen LogP contribution is -2.22. The third-order valence-electron chi connectivity index (χ3n) is 4.30. The van der Waals surface area contributed by atoms with Gasteiger partial charge in [0.2, 0.25) is 0 Å². The van der Waals surface area contributed by atoms with Gasteiger partial charge >= 0.3 is 0 Å². The molecular weight excluding hydrogens is 317 g/mol. The van der Waals surface area contributed by atoms with Crippen molar-refractivity contribution in [2.24, 2.45) is 0 Å². The summed E-state index contributed by atoms with van der Waals surface area (Å²) in [6.45, 7) is 2.33. The lowest BCUT2D eigenvalue weighted by atomic mass is 10.2. The van der Waals surface area contributed by atoms with Gasteiger partial charge in [-0.1, -0.05) is 36.4 Å². The molecule has 0 unspecified atom stereocenters. The second kappa shape index (κ2) is 6.94. The molecule has 0 aliphatic rings. The van der Waals surface area contributed by atoms with Crippen LogP contribution in [-0.4, -0.2) is 11.6 Å². The van der Waals surface area contributed by atoms with Crippen LogP contribution >= 0.6 is 7.26 Å². The maximum atomic E-state index is 10.9. The monoisotopic (exact) mass is 336 g/mol. The van der Waals surface area contributed by atoms with Crippen molar-refractivity contribution in [3.05, 3.63) is 101 Å². The number of nitro groups is 1. The minimum absolute atomic E-state index is 0.137. The quantitative estimate of drug-likeness (QED) is 0.394. The standard InChI is InChI=1S/C20H19NO2P/c1-24(19-8-4-2-5-9-19,20-10-6-3-7-11-20)16-17-12-14-18(15-13-17)21(22)23/h2-15H,16H2,1H3/q+1. The first-order valence-electron chi connectivity index (χ1n) is 7.80. The molecule has 0 radical (unpaired) electrons. The van der Waals surface area contributed by atoms with Crippen molar-refractivity contribution >= 4 is 23.6 Å². The van der Waals surface area contributed by atoms with E-state index in [1.165, 1.54) is 10.6 Å². The van der Waals surface area contributed by atoms with E-state index in [9.17, 15) is 10.1 Å². The third-order valence-corrected chi connectivity index (χ3v) is 8.17. The van der Waals surface area contributed by atoms with E-state index in [0.717, 1.165) is 11.7 Å². The molecule has 0 aliphatic heterocycles. The molecule has 0 spiro atoms. The molecule has 4 heteroatoms. The molecule has 0 aromatic heterocycles. The largest absolute Gasteiger partial charge is 0.269 e. The van der Waals surface area contributed by atoms with Crippen molar-refractivity contribution in [3.63, 3.8) is 0 Å². The van der Waals surface area contributed by atoms with Gasteiger partial charge in [0.1, 0.15) is 0 Å². The number of nitrogens with zero attached hydrogens (tertiary/aromatic N) is 1. The van der Waals surface area contributed by atoms with Gasteiger partial charge in [0.05, 0.1) is 35.6 Å². The van der Waals surface area contributed by atoms with Crippen LogP contribution in [0.25, 0.3) is 0 Å². The van der Waals surface area contributed by atoms with Crippen LogP contribution in [0.15, 0.2) is 84.9 Å². The summed E-state index contributed by atoms with van der Waals surface area (Å²) in [6.07, 6.45) is 0.888. The van der Waals surface area contributed by atoms with Crippen LogP contribution in [0, 0.1) is 10.1 Å². The fourth-order valence-electron chi connectivity index (χ4n) is 2.93. The van der Waals surface area contributed by atoms with E-state index in [0.29, 0.717) is 0 Å². The van der Waals surface area contributed by atoms with Crippen LogP contribution in [0.1, 0.15) is 5.56 Å². The minimum atomic E-state index is -1.60. The Labute approximate surface area is 142 Å². The van der Waals surface area contributed by atoms with Crippen molar-refractivity contribution in [2.75, 3.05) is 6.66 Å². The SMILES string of the molecule is C[P+](Cc1ccc([N+](=O)[O-])cc1)(c1ccccc1)c1ccccc1. The molecule has 3 aromatic carbocycles. The molecule has 0 heterocycles. The van der Waals surface area contributed by atoms with E-state index in [2.05, 4.69) is 55.2 Å². The smallest absolute Gasteiger partial charge is 0.258 e. The summed E-state index contributed by atoms with van der Waals surface area (Å²) >= 11 is 0. The Hall–Kier alpha value is -2.51. The zero-order chi connectivity index (χ0) is 17.0. The van der Waals surface area contributed by atoms with Crippen molar-refractivity contribution in [2.45, 2.75) is 6.16 Å². The molecule has 0 saturated carbocycles. The van der Waals surface area contributed by atoms with Crippen LogP contribution in [-0.2, 0) is 6.16 Å².